The van der Waals surface area contributed by atoms with Gasteiger partial charge in [0.05, 0.1) is 19.9 Å². The molecule has 0 fully saturated rings. The first-order valence-electron chi connectivity index (χ1n) is 6.30. The molecule has 2 heterocycles. The maximum absolute atomic E-state index is 5.32. The summed E-state index contributed by atoms with van der Waals surface area (Å²) in [6.07, 6.45) is 2.39. The average molecular weight is 278 g/mol. The zero-order chi connectivity index (χ0) is 14.4. The molecular formula is C13H18N4O3. The fourth-order valence-corrected chi connectivity index (χ4v) is 1.83. The molecular weight excluding hydrogens is 260 g/mol. The van der Waals surface area contributed by atoms with Crippen molar-refractivity contribution in [1.82, 2.24) is 20.4 Å². The lowest BCUT2D eigenvalue weighted by atomic mass is 10.3. The Labute approximate surface area is 117 Å². The topological polar surface area (TPSA) is 82.3 Å². The van der Waals surface area contributed by atoms with E-state index in [9.17, 15) is 0 Å². The third-order valence-electron chi connectivity index (χ3n) is 2.75. The predicted octanol–water partition coefficient (Wildman–Crippen LogP) is 1.12. The number of hydrogen-bond donors (Lipinski definition) is 1. The Bertz CT molecular complexity index is 556. The molecule has 0 bridgehead atoms. The van der Waals surface area contributed by atoms with Crippen LogP contribution in [0.4, 0.5) is 0 Å². The van der Waals surface area contributed by atoms with E-state index in [4.69, 9.17) is 14.0 Å². The number of ether oxygens (including phenoxy) is 2. The highest BCUT2D eigenvalue weighted by molar-refractivity contribution is 5.42. The number of pyridine rings is 1. The third-order valence-corrected chi connectivity index (χ3v) is 2.75. The maximum Gasteiger partial charge on any atom is 0.223 e. The van der Waals surface area contributed by atoms with Crippen LogP contribution in [0.5, 0.6) is 11.5 Å². The standard InChI is InChI=1S/C13H18N4O3/c1-9-16-12(17-20-9)5-6-14-8-10-13(19-3)11(18-2)4-7-15-10/h4,7,14H,5-6,8H2,1-3H3. The van der Waals surface area contributed by atoms with Gasteiger partial charge in [0.2, 0.25) is 5.89 Å². The quantitative estimate of drug-likeness (QED) is 0.760. The van der Waals surface area contributed by atoms with Gasteiger partial charge in [0.15, 0.2) is 17.3 Å². The van der Waals surface area contributed by atoms with Crippen LogP contribution in [-0.2, 0) is 13.0 Å². The first-order valence-corrected chi connectivity index (χ1v) is 6.30. The van der Waals surface area contributed by atoms with Crippen LogP contribution in [0.3, 0.4) is 0 Å². The zero-order valence-electron chi connectivity index (χ0n) is 11.8. The Morgan fingerprint density at radius 3 is 2.80 bits per heavy atom. The van der Waals surface area contributed by atoms with Crippen LogP contribution in [0.25, 0.3) is 0 Å². The van der Waals surface area contributed by atoms with E-state index >= 15 is 0 Å². The lowest BCUT2D eigenvalue weighted by Crippen LogP contribution is -2.18. The fraction of sp³-hybridized carbons (Fsp3) is 0.462. The molecule has 0 aliphatic carbocycles. The van der Waals surface area contributed by atoms with Gasteiger partial charge in [-0.15, -0.1) is 0 Å². The van der Waals surface area contributed by atoms with Gasteiger partial charge in [0.25, 0.3) is 0 Å². The van der Waals surface area contributed by atoms with Crippen molar-refractivity contribution in [2.45, 2.75) is 19.9 Å². The summed E-state index contributed by atoms with van der Waals surface area (Å²) in [6, 6.07) is 1.77. The van der Waals surface area contributed by atoms with Crippen molar-refractivity contribution in [3.63, 3.8) is 0 Å². The molecule has 7 nitrogen and oxygen atoms in total. The number of aryl methyl sites for hydroxylation is 1. The molecule has 0 aromatic carbocycles. The van der Waals surface area contributed by atoms with Crippen LogP contribution in [0.2, 0.25) is 0 Å². The molecule has 0 spiro atoms. The Balaban J connectivity index is 1.87. The SMILES string of the molecule is COc1ccnc(CNCCc2noc(C)n2)c1OC. The largest absolute Gasteiger partial charge is 0.493 e. The monoisotopic (exact) mass is 278 g/mol. The van der Waals surface area contributed by atoms with E-state index in [1.54, 1.807) is 33.4 Å². The van der Waals surface area contributed by atoms with E-state index in [0.717, 1.165) is 12.2 Å². The number of nitrogens with zero attached hydrogens (tertiary/aromatic N) is 3. The van der Waals surface area contributed by atoms with Gasteiger partial charge in [-0.25, -0.2) is 0 Å². The molecule has 108 valence electrons. The highest BCUT2D eigenvalue weighted by Gasteiger charge is 2.10. The molecule has 2 aromatic heterocycles. The molecule has 0 atom stereocenters. The van der Waals surface area contributed by atoms with Crippen LogP contribution in [0.15, 0.2) is 16.8 Å². The van der Waals surface area contributed by atoms with Gasteiger partial charge < -0.3 is 19.3 Å². The number of aromatic nitrogens is 3. The van der Waals surface area contributed by atoms with E-state index in [1.807, 2.05) is 0 Å². The summed E-state index contributed by atoms with van der Waals surface area (Å²) in [5.74, 6) is 2.60. The van der Waals surface area contributed by atoms with E-state index < -0.39 is 0 Å². The zero-order valence-corrected chi connectivity index (χ0v) is 11.8. The van der Waals surface area contributed by atoms with Crippen molar-refractivity contribution in [2.24, 2.45) is 0 Å². The minimum Gasteiger partial charge on any atom is -0.493 e. The molecule has 0 amide bonds. The first-order chi connectivity index (χ1) is 9.74. The molecule has 0 aliphatic heterocycles. The number of rotatable bonds is 7. The number of nitrogens with one attached hydrogen (secondary N) is 1. The summed E-state index contributed by atoms with van der Waals surface area (Å²) in [5, 5.41) is 7.10. The molecule has 1 N–H and O–H groups in total. The Morgan fingerprint density at radius 1 is 1.30 bits per heavy atom. The van der Waals surface area contributed by atoms with Crippen molar-refractivity contribution in [2.75, 3.05) is 20.8 Å². The molecule has 0 aliphatic rings. The summed E-state index contributed by atoms with van der Waals surface area (Å²) >= 11 is 0. The van der Waals surface area contributed by atoms with Crippen LogP contribution in [0, 0.1) is 6.92 Å². The first kappa shape index (κ1) is 14.3. The third kappa shape index (κ3) is 3.45. The Morgan fingerprint density at radius 2 is 2.15 bits per heavy atom. The summed E-state index contributed by atoms with van der Waals surface area (Å²) in [7, 11) is 3.21. The van der Waals surface area contributed by atoms with Crippen molar-refractivity contribution < 1.29 is 14.0 Å². The van der Waals surface area contributed by atoms with Crippen molar-refractivity contribution in [1.29, 1.82) is 0 Å². The van der Waals surface area contributed by atoms with Crippen LogP contribution in [-0.4, -0.2) is 35.9 Å². The average Bonchev–Trinajstić information content (AvgIpc) is 2.88. The van der Waals surface area contributed by atoms with E-state index in [2.05, 4.69) is 20.4 Å². The molecule has 0 unspecified atom stereocenters. The minimum atomic E-state index is 0.580. The fourth-order valence-electron chi connectivity index (χ4n) is 1.83. The van der Waals surface area contributed by atoms with Crippen LogP contribution < -0.4 is 14.8 Å². The number of hydrogen-bond acceptors (Lipinski definition) is 7. The van der Waals surface area contributed by atoms with Crippen LogP contribution in [0.1, 0.15) is 17.4 Å². The Kier molecular flexibility index (Phi) is 4.89. The van der Waals surface area contributed by atoms with Crippen molar-refractivity contribution in [3.05, 3.63) is 29.7 Å². The lowest BCUT2D eigenvalue weighted by molar-refractivity contribution is 0.348. The van der Waals surface area contributed by atoms with Crippen molar-refractivity contribution in [3.8, 4) is 11.5 Å². The van der Waals surface area contributed by atoms with Gasteiger partial charge in [-0.3, -0.25) is 4.98 Å². The molecule has 7 heteroatoms. The predicted molar refractivity (Wildman–Crippen MR) is 71.8 cm³/mol. The normalized spacial score (nSPS) is 10.6. The summed E-state index contributed by atoms with van der Waals surface area (Å²) in [4.78, 5) is 8.43. The van der Waals surface area contributed by atoms with Gasteiger partial charge in [0, 0.05) is 38.7 Å². The molecule has 0 radical (unpaired) electrons. The second-order valence-corrected chi connectivity index (χ2v) is 4.15. The lowest BCUT2D eigenvalue weighted by Gasteiger charge is -2.11. The van der Waals surface area contributed by atoms with Gasteiger partial charge in [0.1, 0.15) is 0 Å². The molecule has 2 aromatic rings. The second-order valence-electron chi connectivity index (χ2n) is 4.15. The highest BCUT2D eigenvalue weighted by atomic mass is 16.5. The van der Waals surface area contributed by atoms with Crippen molar-refractivity contribution >= 4 is 0 Å². The maximum atomic E-state index is 5.32. The smallest absolute Gasteiger partial charge is 0.223 e. The summed E-state index contributed by atoms with van der Waals surface area (Å²) in [5.41, 5.74) is 0.802. The van der Waals surface area contributed by atoms with Gasteiger partial charge >= 0.3 is 0 Å². The highest BCUT2D eigenvalue weighted by Crippen LogP contribution is 2.28. The second kappa shape index (κ2) is 6.85. The van der Waals surface area contributed by atoms with Gasteiger partial charge in [-0.05, 0) is 0 Å². The Hall–Kier alpha value is -2.15. The minimum absolute atomic E-state index is 0.580. The molecule has 20 heavy (non-hydrogen) atoms. The van der Waals surface area contributed by atoms with Gasteiger partial charge in [-0.2, -0.15) is 4.98 Å². The molecule has 2 rings (SSSR count). The number of methoxy groups -OCH3 is 2. The van der Waals surface area contributed by atoms with E-state index in [-0.39, 0.29) is 0 Å². The van der Waals surface area contributed by atoms with E-state index in [0.29, 0.717) is 36.2 Å². The van der Waals surface area contributed by atoms with Crippen LogP contribution >= 0.6 is 0 Å². The van der Waals surface area contributed by atoms with E-state index in [1.165, 1.54) is 0 Å². The summed E-state index contributed by atoms with van der Waals surface area (Å²) < 4.78 is 15.5. The molecule has 0 saturated carbocycles. The molecule has 0 saturated heterocycles. The summed E-state index contributed by atoms with van der Waals surface area (Å²) in [6.45, 7) is 3.08. The van der Waals surface area contributed by atoms with Gasteiger partial charge in [-0.1, -0.05) is 5.16 Å².